The van der Waals surface area contributed by atoms with Crippen LogP contribution in [-0.4, -0.2) is 61.9 Å². The lowest BCUT2D eigenvalue weighted by Crippen LogP contribution is -2.49. The van der Waals surface area contributed by atoms with Crippen LogP contribution in [0.3, 0.4) is 0 Å². The van der Waals surface area contributed by atoms with Gasteiger partial charge in [0, 0.05) is 33.2 Å². The van der Waals surface area contributed by atoms with Crippen molar-refractivity contribution in [3.05, 3.63) is 42.2 Å². The van der Waals surface area contributed by atoms with Crippen LogP contribution >= 0.6 is 0 Å². The number of anilines is 1. The first kappa shape index (κ1) is 15.5. The summed E-state index contributed by atoms with van der Waals surface area (Å²) in [6.45, 7) is 2.81. The quantitative estimate of drug-likeness (QED) is 0.698. The Bertz CT molecular complexity index is 884. The minimum Gasteiger partial charge on any atom is -0.351 e. The van der Waals surface area contributed by atoms with Crippen LogP contribution in [0.5, 0.6) is 0 Å². The number of carbonyl (C=O) groups is 1. The zero-order valence-electron chi connectivity index (χ0n) is 14.0. The van der Waals surface area contributed by atoms with Crippen molar-refractivity contribution in [1.82, 2.24) is 29.9 Å². The lowest BCUT2D eigenvalue weighted by molar-refractivity contribution is -0.130. The van der Waals surface area contributed by atoms with Crippen molar-refractivity contribution < 1.29 is 4.79 Å². The predicted octanol–water partition coefficient (Wildman–Crippen LogP) is 0.650. The van der Waals surface area contributed by atoms with E-state index in [0.29, 0.717) is 30.7 Å². The molecule has 1 aromatic carbocycles. The summed E-state index contributed by atoms with van der Waals surface area (Å²) in [4.78, 5) is 25.1. The molecule has 1 aliphatic rings. The van der Waals surface area contributed by atoms with Crippen LogP contribution in [0.15, 0.2) is 36.7 Å². The van der Waals surface area contributed by atoms with Gasteiger partial charge in [-0.2, -0.15) is 0 Å². The van der Waals surface area contributed by atoms with Gasteiger partial charge in [-0.3, -0.25) is 4.79 Å². The van der Waals surface area contributed by atoms with Gasteiger partial charge in [0.25, 0.3) is 0 Å². The van der Waals surface area contributed by atoms with Crippen molar-refractivity contribution in [3.63, 3.8) is 0 Å². The van der Waals surface area contributed by atoms with Crippen LogP contribution in [0.25, 0.3) is 11.2 Å². The summed E-state index contributed by atoms with van der Waals surface area (Å²) in [6.07, 6.45) is 1.98. The van der Waals surface area contributed by atoms with E-state index in [1.54, 1.807) is 4.68 Å². The van der Waals surface area contributed by atoms with Crippen molar-refractivity contribution in [2.45, 2.75) is 6.42 Å². The highest BCUT2D eigenvalue weighted by Crippen LogP contribution is 2.21. The van der Waals surface area contributed by atoms with E-state index in [2.05, 4.69) is 25.2 Å². The average molecular weight is 337 g/mol. The maximum Gasteiger partial charge on any atom is 0.227 e. The molecule has 0 saturated carbocycles. The van der Waals surface area contributed by atoms with Crippen LogP contribution in [0.2, 0.25) is 0 Å². The molecule has 1 amide bonds. The second-order valence-electron chi connectivity index (χ2n) is 6.11. The molecule has 8 heteroatoms. The number of nitrogens with zero attached hydrogens (tertiary/aromatic N) is 7. The highest BCUT2D eigenvalue weighted by atomic mass is 16.2. The smallest absolute Gasteiger partial charge is 0.227 e. The summed E-state index contributed by atoms with van der Waals surface area (Å²) in [7, 11) is 1.81. The zero-order valence-corrected chi connectivity index (χ0v) is 14.0. The molecule has 3 aromatic rings. The third-order valence-corrected chi connectivity index (χ3v) is 4.50. The number of fused-ring (bicyclic) bond motifs is 1. The highest BCUT2D eigenvalue weighted by Gasteiger charge is 2.24. The topological polar surface area (TPSA) is 80.0 Å². The van der Waals surface area contributed by atoms with E-state index in [1.165, 1.54) is 6.33 Å². The van der Waals surface area contributed by atoms with Crippen LogP contribution in [0, 0.1) is 0 Å². The van der Waals surface area contributed by atoms with E-state index in [0.717, 1.165) is 24.5 Å². The van der Waals surface area contributed by atoms with Gasteiger partial charge in [0.15, 0.2) is 17.0 Å². The second kappa shape index (κ2) is 6.46. The van der Waals surface area contributed by atoms with Gasteiger partial charge in [-0.05, 0) is 5.56 Å². The Labute approximate surface area is 145 Å². The maximum atomic E-state index is 12.5. The largest absolute Gasteiger partial charge is 0.351 e. The lowest BCUT2D eigenvalue weighted by Gasteiger charge is -2.35. The zero-order chi connectivity index (χ0) is 17.2. The summed E-state index contributed by atoms with van der Waals surface area (Å²) in [5, 5.41) is 8.18. The van der Waals surface area contributed by atoms with E-state index in [4.69, 9.17) is 0 Å². The van der Waals surface area contributed by atoms with Gasteiger partial charge < -0.3 is 9.80 Å². The molecule has 4 rings (SSSR count). The maximum absolute atomic E-state index is 12.5. The molecule has 128 valence electrons. The Morgan fingerprint density at radius 3 is 2.60 bits per heavy atom. The summed E-state index contributed by atoms with van der Waals surface area (Å²) >= 11 is 0. The number of rotatable bonds is 3. The standard InChI is InChI=1S/C17H19N7O/c1-22-16-15(20-21-22)17(19-12-18-16)24-9-7-23(8-10-24)14(25)11-13-5-3-2-4-6-13/h2-6,12H,7-11H2,1H3. The van der Waals surface area contributed by atoms with Crippen LogP contribution < -0.4 is 4.90 Å². The molecule has 1 fully saturated rings. The minimum absolute atomic E-state index is 0.165. The van der Waals surface area contributed by atoms with Crippen LogP contribution in [-0.2, 0) is 18.3 Å². The van der Waals surface area contributed by atoms with Gasteiger partial charge in [0.05, 0.1) is 6.42 Å². The number of aromatic nitrogens is 5. The summed E-state index contributed by atoms with van der Waals surface area (Å²) in [5.74, 6) is 0.950. The molecule has 0 N–H and O–H groups in total. The summed E-state index contributed by atoms with van der Waals surface area (Å²) in [5.41, 5.74) is 2.47. The Kier molecular flexibility index (Phi) is 4.01. The van der Waals surface area contributed by atoms with Crippen molar-refractivity contribution in [2.24, 2.45) is 7.05 Å². The molecule has 8 nitrogen and oxygen atoms in total. The van der Waals surface area contributed by atoms with Gasteiger partial charge in [0.2, 0.25) is 5.91 Å². The predicted molar refractivity (Wildman–Crippen MR) is 93.0 cm³/mol. The number of hydrogen-bond donors (Lipinski definition) is 0. The Morgan fingerprint density at radius 1 is 1.08 bits per heavy atom. The first-order valence-electron chi connectivity index (χ1n) is 8.29. The van der Waals surface area contributed by atoms with Gasteiger partial charge in [0.1, 0.15) is 6.33 Å². The molecule has 1 aliphatic heterocycles. The molecule has 0 aliphatic carbocycles. The third kappa shape index (κ3) is 3.02. The lowest BCUT2D eigenvalue weighted by atomic mass is 10.1. The number of aryl methyl sites for hydroxylation is 1. The van der Waals surface area contributed by atoms with Gasteiger partial charge in [-0.25, -0.2) is 14.6 Å². The molecule has 0 atom stereocenters. The SMILES string of the molecule is Cn1nnc2c(N3CCN(C(=O)Cc4ccccc4)CC3)ncnc21. The highest BCUT2D eigenvalue weighted by molar-refractivity contribution is 5.83. The number of carbonyl (C=O) groups excluding carboxylic acids is 1. The number of benzene rings is 1. The van der Waals surface area contributed by atoms with Crippen molar-refractivity contribution >= 4 is 22.9 Å². The Morgan fingerprint density at radius 2 is 1.84 bits per heavy atom. The summed E-state index contributed by atoms with van der Waals surface area (Å²) < 4.78 is 1.64. The molecule has 3 heterocycles. The van der Waals surface area contributed by atoms with E-state index >= 15 is 0 Å². The molecule has 0 spiro atoms. The Hall–Kier alpha value is -3.03. The van der Waals surface area contributed by atoms with Gasteiger partial charge in [-0.15, -0.1) is 5.10 Å². The molecular weight excluding hydrogens is 318 g/mol. The van der Waals surface area contributed by atoms with Crippen molar-refractivity contribution in [3.8, 4) is 0 Å². The van der Waals surface area contributed by atoms with Gasteiger partial charge in [-0.1, -0.05) is 35.5 Å². The molecule has 1 saturated heterocycles. The van der Waals surface area contributed by atoms with E-state index < -0.39 is 0 Å². The van der Waals surface area contributed by atoms with Crippen LogP contribution in [0.4, 0.5) is 5.82 Å². The van der Waals surface area contributed by atoms with Gasteiger partial charge >= 0.3 is 0 Å². The molecule has 0 bridgehead atoms. The minimum atomic E-state index is 0.165. The van der Waals surface area contributed by atoms with E-state index in [9.17, 15) is 4.79 Å². The fourth-order valence-electron chi connectivity index (χ4n) is 3.12. The van der Waals surface area contributed by atoms with Crippen molar-refractivity contribution in [2.75, 3.05) is 31.1 Å². The fraction of sp³-hybridized carbons (Fsp3) is 0.353. The fourth-order valence-corrected chi connectivity index (χ4v) is 3.12. The summed E-state index contributed by atoms with van der Waals surface area (Å²) in [6, 6.07) is 9.85. The second-order valence-corrected chi connectivity index (χ2v) is 6.11. The van der Waals surface area contributed by atoms with E-state index in [1.807, 2.05) is 42.3 Å². The normalized spacial score (nSPS) is 14.9. The first-order chi connectivity index (χ1) is 12.2. The average Bonchev–Trinajstić information content (AvgIpc) is 3.04. The van der Waals surface area contributed by atoms with E-state index in [-0.39, 0.29) is 5.91 Å². The van der Waals surface area contributed by atoms with Crippen molar-refractivity contribution in [1.29, 1.82) is 0 Å². The Balaban J connectivity index is 1.43. The first-order valence-corrected chi connectivity index (χ1v) is 8.29. The van der Waals surface area contributed by atoms with Crippen LogP contribution in [0.1, 0.15) is 5.56 Å². The number of amides is 1. The molecule has 25 heavy (non-hydrogen) atoms. The molecule has 0 unspecified atom stereocenters. The molecule has 0 radical (unpaired) electrons. The molecule has 2 aromatic heterocycles. The molecular formula is C17H19N7O. The third-order valence-electron chi connectivity index (χ3n) is 4.50. The number of piperazine rings is 1. The number of hydrogen-bond acceptors (Lipinski definition) is 6. The monoisotopic (exact) mass is 337 g/mol.